The van der Waals surface area contributed by atoms with Gasteiger partial charge in [0.2, 0.25) is 0 Å². The van der Waals surface area contributed by atoms with E-state index in [1.165, 1.54) is 11.1 Å². The Hall–Kier alpha value is -0.515. The van der Waals surface area contributed by atoms with E-state index in [1.807, 2.05) is 0 Å². The van der Waals surface area contributed by atoms with Gasteiger partial charge in [0.25, 0.3) is 0 Å². The third-order valence-electron chi connectivity index (χ3n) is 3.23. The highest BCUT2D eigenvalue weighted by molar-refractivity contribution is 6.50. The van der Waals surface area contributed by atoms with Gasteiger partial charge in [-0.05, 0) is 28.4 Å². The minimum atomic E-state index is -6.00. The lowest BCUT2D eigenvalue weighted by atomic mass is 9.77. The molecule has 19 heavy (non-hydrogen) atoms. The molecule has 1 atom stereocenters. The van der Waals surface area contributed by atoms with Crippen molar-refractivity contribution in [3.63, 3.8) is 0 Å². The standard InChI is InChI=1S/C13H24O.BF4/c1-8-9-10(11(2,3)4)13(9,14)12(5,6)7;2-1(3,4)5/h14H,8H2,1-7H3;/q;-1. The van der Waals surface area contributed by atoms with Gasteiger partial charge < -0.3 is 22.4 Å². The van der Waals surface area contributed by atoms with Crippen molar-refractivity contribution in [3.8, 4) is 0 Å². The van der Waals surface area contributed by atoms with E-state index in [2.05, 4.69) is 48.5 Å². The number of hydrogen-bond acceptors (Lipinski definition) is 1. The Bertz CT molecular complexity index is 354. The van der Waals surface area contributed by atoms with Crippen molar-refractivity contribution in [1.82, 2.24) is 0 Å². The summed E-state index contributed by atoms with van der Waals surface area (Å²) in [7, 11) is -6.00. The zero-order valence-corrected chi connectivity index (χ0v) is 12.7. The molecule has 1 rings (SSSR count). The molecule has 0 saturated carbocycles. The first kappa shape index (κ1) is 18.5. The highest BCUT2D eigenvalue weighted by atomic mass is 19.5. The first-order chi connectivity index (χ1) is 8.06. The summed E-state index contributed by atoms with van der Waals surface area (Å²) < 4.78 is 39.0. The highest BCUT2D eigenvalue weighted by Gasteiger charge is 2.61. The minimum absolute atomic E-state index is 0.0685. The Morgan fingerprint density at radius 2 is 1.32 bits per heavy atom. The molecule has 0 aromatic carbocycles. The lowest BCUT2D eigenvalue weighted by Gasteiger charge is -2.32. The van der Waals surface area contributed by atoms with Crippen LogP contribution in [0.3, 0.4) is 0 Å². The van der Waals surface area contributed by atoms with Crippen molar-refractivity contribution in [2.45, 2.75) is 60.5 Å². The molecule has 0 aliphatic heterocycles. The molecule has 0 radical (unpaired) electrons. The summed E-state index contributed by atoms with van der Waals surface area (Å²) in [6, 6.07) is 0. The molecular formula is C13H24BF4O-. The lowest BCUT2D eigenvalue weighted by Crippen LogP contribution is -2.35. The van der Waals surface area contributed by atoms with Crippen molar-refractivity contribution >= 4 is 7.25 Å². The number of rotatable bonds is 1. The van der Waals surface area contributed by atoms with Gasteiger partial charge in [0, 0.05) is 0 Å². The summed E-state index contributed by atoms with van der Waals surface area (Å²) in [4.78, 5) is 0. The maximum Gasteiger partial charge on any atom is 0.673 e. The van der Waals surface area contributed by atoms with Gasteiger partial charge in [-0.25, -0.2) is 0 Å². The molecular weight excluding hydrogens is 259 g/mol. The number of hydrogen-bond donors (Lipinski definition) is 1. The molecule has 1 N–H and O–H groups in total. The molecule has 0 aromatic heterocycles. The summed E-state index contributed by atoms with van der Waals surface area (Å²) in [5.74, 6) is 0. The van der Waals surface area contributed by atoms with E-state index >= 15 is 0 Å². The van der Waals surface area contributed by atoms with E-state index in [4.69, 9.17) is 0 Å². The first-order valence-electron chi connectivity index (χ1n) is 6.41. The average molecular weight is 283 g/mol. The van der Waals surface area contributed by atoms with Crippen LogP contribution in [0.4, 0.5) is 17.3 Å². The van der Waals surface area contributed by atoms with Gasteiger partial charge in [0.15, 0.2) is 0 Å². The maximum atomic E-state index is 10.6. The lowest BCUT2D eigenvalue weighted by molar-refractivity contribution is 0.0389. The summed E-state index contributed by atoms with van der Waals surface area (Å²) in [6.45, 7) is 15.0. The van der Waals surface area contributed by atoms with Crippen molar-refractivity contribution < 1.29 is 22.4 Å². The van der Waals surface area contributed by atoms with Crippen molar-refractivity contribution in [1.29, 1.82) is 0 Å². The van der Waals surface area contributed by atoms with Gasteiger partial charge in [-0.1, -0.05) is 48.5 Å². The van der Waals surface area contributed by atoms with Crippen LogP contribution >= 0.6 is 0 Å². The fourth-order valence-corrected chi connectivity index (χ4v) is 2.58. The average Bonchev–Trinajstić information content (AvgIpc) is 2.67. The predicted octanol–water partition coefficient (Wildman–Crippen LogP) is 4.83. The third-order valence-corrected chi connectivity index (χ3v) is 3.23. The van der Waals surface area contributed by atoms with E-state index < -0.39 is 12.9 Å². The van der Waals surface area contributed by atoms with Gasteiger partial charge in [-0.2, -0.15) is 0 Å². The van der Waals surface area contributed by atoms with Crippen LogP contribution < -0.4 is 0 Å². The molecule has 0 heterocycles. The topological polar surface area (TPSA) is 20.2 Å². The van der Waals surface area contributed by atoms with Crippen molar-refractivity contribution in [2.75, 3.05) is 0 Å². The fourth-order valence-electron chi connectivity index (χ4n) is 2.58. The second-order valence-electron chi connectivity index (χ2n) is 6.91. The number of aliphatic hydroxyl groups is 1. The van der Waals surface area contributed by atoms with Crippen molar-refractivity contribution in [2.24, 2.45) is 10.8 Å². The molecule has 0 amide bonds. The second kappa shape index (κ2) is 5.11. The monoisotopic (exact) mass is 283 g/mol. The Balaban J connectivity index is 0.000000555. The fraction of sp³-hybridized carbons (Fsp3) is 0.846. The summed E-state index contributed by atoms with van der Waals surface area (Å²) in [5.41, 5.74) is 1.95. The smallest absolute Gasteiger partial charge is 0.418 e. The Kier molecular flexibility index (Phi) is 4.97. The summed E-state index contributed by atoms with van der Waals surface area (Å²) >= 11 is 0. The van der Waals surface area contributed by atoms with Crippen LogP contribution in [0.25, 0.3) is 0 Å². The molecule has 6 heteroatoms. The largest absolute Gasteiger partial charge is 0.673 e. The summed E-state index contributed by atoms with van der Waals surface area (Å²) in [5, 5.41) is 10.6. The van der Waals surface area contributed by atoms with E-state index in [0.717, 1.165) is 6.42 Å². The van der Waals surface area contributed by atoms with Crippen LogP contribution in [0.1, 0.15) is 54.9 Å². The van der Waals surface area contributed by atoms with Crippen LogP contribution in [-0.4, -0.2) is 18.0 Å². The molecule has 0 spiro atoms. The zero-order chi connectivity index (χ0) is 15.9. The SMILES string of the molecule is CCC1=C(C(C)(C)C)C1(O)C(C)(C)C.F[B-](F)(F)F. The molecule has 0 aromatic rings. The maximum absolute atomic E-state index is 10.6. The predicted molar refractivity (Wildman–Crippen MR) is 71.4 cm³/mol. The van der Waals surface area contributed by atoms with Crippen LogP contribution in [0, 0.1) is 10.8 Å². The Morgan fingerprint density at radius 1 is 1.00 bits per heavy atom. The zero-order valence-electron chi connectivity index (χ0n) is 12.7. The molecule has 0 saturated heterocycles. The molecule has 1 unspecified atom stereocenters. The van der Waals surface area contributed by atoms with Crippen LogP contribution in [0.5, 0.6) is 0 Å². The second-order valence-corrected chi connectivity index (χ2v) is 6.91. The van der Waals surface area contributed by atoms with Gasteiger partial charge in [0.1, 0.15) is 5.60 Å². The van der Waals surface area contributed by atoms with Crippen LogP contribution in [0.15, 0.2) is 11.1 Å². The first-order valence-corrected chi connectivity index (χ1v) is 6.41. The quantitative estimate of drug-likeness (QED) is 0.415. The van der Waals surface area contributed by atoms with Gasteiger partial charge in [0.05, 0.1) is 0 Å². The highest BCUT2D eigenvalue weighted by Crippen LogP contribution is 2.62. The third kappa shape index (κ3) is 4.51. The molecule has 0 bridgehead atoms. The minimum Gasteiger partial charge on any atom is -0.418 e. The molecule has 114 valence electrons. The summed E-state index contributed by atoms with van der Waals surface area (Å²) in [6.07, 6.45) is 0.973. The van der Waals surface area contributed by atoms with Crippen molar-refractivity contribution in [3.05, 3.63) is 11.1 Å². The van der Waals surface area contributed by atoms with E-state index in [9.17, 15) is 22.4 Å². The normalized spacial score (nSPS) is 24.0. The Labute approximate surface area is 113 Å². The molecule has 1 nitrogen and oxygen atoms in total. The Morgan fingerprint density at radius 3 is 1.37 bits per heavy atom. The number of halogens is 4. The van der Waals surface area contributed by atoms with E-state index in [1.54, 1.807) is 0 Å². The molecule has 0 fully saturated rings. The molecule has 1 aliphatic rings. The van der Waals surface area contributed by atoms with E-state index in [-0.39, 0.29) is 10.8 Å². The van der Waals surface area contributed by atoms with Gasteiger partial charge in [-0.15, -0.1) is 0 Å². The molecule has 1 aliphatic carbocycles. The van der Waals surface area contributed by atoms with E-state index in [0.29, 0.717) is 0 Å². The van der Waals surface area contributed by atoms with Crippen LogP contribution in [0.2, 0.25) is 0 Å². The van der Waals surface area contributed by atoms with Gasteiger partial charge in [-0.3, -0.25) is 0 Å². The van der Waals surface area contributed by atoms with Gasteiger partial charge >= 0.3 is 7.25 Å². The van der Waals surface area contributed by atoms with Crippen LogP contribution in [-0.2, 0) is 0 Å².